The van der Waals surface area contributed by atoms with Gasteiger partial charge in [0, 0.05) is 23.7 Å². The SMILES string of the molecule is CN1CCC(c2[nH]c(=S)nc3c2CCN3)CC1. The second-order valence-corrected chi connectivity index (χ2v) is 5.42. The van der Waals surface area contributed by atoms with E-state index in [0.717, 1.165) is 18.8 Å². The number of hydrogen-bond acceptors (Lipinski definition) is 4. The fourth-order valence-corrected chi connectivity index (χ4v) is 3.07. The molecule has 0 spiro atoms. The molecular formula is C12H18N4S. The highest BCUT2D eigenvalue weighted by Crippen LogP contribution is 2.32. The minimum absolute atomic E-state index is 0.618. The Bertz CT molecular complexity index is 474. The summed E-state index contributed by atoms with van der Waals surface area (Å²) in [4.78, 5) is 10.1. The number of anilines is 1. The van der Waals surface area contributed by atoms with Crippen LogP contribution in [0.3, 0.4) is 0 Å². The van der Waals surface area contributed by atoms with E-state index in [1.54, 1.807) is 0 Å². The molecule has 4 nitrogen and oxygen atoms in total. The van der Waals surface area contributed by atoms with Crippen molar-refractivity contribution in [2.24, 2.45) is 0 Å². The van der Waals surface area contributed by atoms with Crippen molar-refractivity contribution < 1.29 is 0 Å². The number of likely N-dealkylation sites (tertiary alicyclic amines) is 1. The largest absolute Gasteiger partial charge is 0.369 e. The van der Waals surface area contributed by atoms with Gasteiger partial charge in [-0.3, -0.25) is 0 Å². The Morgan fingerprint density at radius 1 is 1.35 bits per heavy atom. The second-order valence-electron chi connectivity index (χ2n) is 5.04. The number of nitrogens with zero attached hydrogens (tertiary/aromatic N) is 2. The first-order valence-electron chi connectivity index (χ1n) is 6.29. The molecule has 2 aliphatic heterocycles. The Morgan fingerprint density at radius 2 is 2.12 bits per heavy atom. The summed E-state index contributed by atoms with van der Waals surface area (Å²) in [5.74, 6) is 1.65. The average molecular weight is 250 g/mol. The van der Waals surface area contributed by atoms with Crippen molar-refractivity contribution in [1.29, 1.82) is 0 Å². The normalized spacial score (nSPS) is 21.2. The topological polar surface area (TPSA) is 44.0 Å². The molecule has 0 unspecified atom stereocenters. The molecule has 0 amide bonds. The first kappa shape index (κ1) is 11.2. The summed E-state index contributed by atoms with van der Waals surface area (Å²) in [5.41, 5.74) is 2.71. The maximum atomic E-state index is 5.22. The average Bonchev–Trinajstić information content (AvgIpc) is 2.77. The van der Waals surface area contributed by atoms with Crippen LogP contribution in [-0.2, 0) is 6.42 Å². The van der Waals surface area contributed by atoms with Gasteiger partial charge in [0.05, 0.1) is 0 Å². The third-order valence-electron chi connectivity index (χ3n) is 3.86. The van der Waals surface area contributed by atoms with Gasteiger partial charge in [0.2, 0.25) is 0 Å². The van der Waals surface area contributed by atoms with E-state index in [4.69, 9.17) is 12.2 Å². The lowest BCUT2D eigenvalue weighted by Gasteiger charge is -2.29. The summed E-state index contributed by atoms with van der Waals surface area (Å²) in [5, 5.41) is 3.32. The van der Waals surface area contributed by atoms with Gasteiger partial charge in [0.1, 0.15) is 5.82 Å². The number of hydrogen-bond donors (Lipinski definition) is 2. The molecule has 0 saturated carbocycles. The van der Waals surface area contributed by atoms with E-state index >= 15 is 0 Å². The van der Waals surface area contributed by atoms with Crippen LogP contribution in [-0.4, -0.2) is 41.5 Å². The highest BCUT2D eigenvalue weighted by molar-refractivity contribution is 7.71. The van der Waals surface area contributed by atoms with E-state index in [1.165, 1.54) is 37.2 Å². The number of aromatic amines is 1. The Kier molecular flexibility index (Phi) is 2.88. The monoisotopic (exact) mass is 250 g/mol. The first-order valence-corrected chi connectivity index (χ1v) is 6.70. The number of fused-ring (bicyclic) bond motifs is 1. The van der Waals surface area contributed by atoms with Gasteiger partial charge in [-0.2, -0.15) is 0 Å². The summed E-state index contributed by atoms with van der Waals surface area (Å²) in [6.07, 6.45) is 3.52. The molecule has 0 aliphatic carbocycles. The molecule has 0 bridgehead atoms. The molecule has 0 atom stereocenters. The summed E-state index contributed by atoms with van der Waals surface area (Å²) < 4.78 is 0.618. The highest BCUT2D eigenvalue weighted by Gasteiger charge is 2.25. The van der Waals surface area contributed by atoms with Gasteiger partial charge in [-0.15, -0.1) is 0 Å². The van der Waals surface area contributed by atoms with E-state index in [1.807, 2.05) is 0 Å². The van der Waals surface area contributed by atoms with E-state index in [0.29, 0.717) is 10.7 Å². The molecule has 3 rings (SSSR count). The lowest BCUT2D eigenvalue weighted by molar-refractivity contribution is 0.253. The van der Waals surface area contributed by atoms with Crippen LogP contribution in [0.4, 0.5) is 5.82 Å². The fraction of sp³-hybridized carbons (Fsp3) is 0.667. The number of aromatic nitrogens is 2. The third-order valence-corrected chi connectivity index (χ3v) is 4.05. The summed E-state index contributed by atoms with van der Waals surface area (Å²) in [6.45, 7) is 3.35. The van der Waals surface area contributed by atoms with Crippen LogP contribution in [0.1, 0.15) is 30.0 Å². The molecule has 17 heavy (non-hydrogen) atoms. The molecule has 2 aliphatic rings. The maximum absolute atomic E-state index is 5.22. The van der Waals surface area contributed by atoms with E-state index in [-0.39, 0.29) is 0 Å². The van der Waals surface area contributed by atoms with Gasteiger partial charge in [0.25, 0.3) is 0 Å². The van der Waals surface area contributed by atoms with Crippen LogP contribution >= 0.6 is 12.2 Å². The van der Waals surface area contributed by atoms with E-state index < -0.39 is 0 Å². The molecule has 3 heterocycles. The predicted octanol–water partition coefficient (Wildman–Crippen LogP) is 1.92. The van der Waals surface area contributed by atoms with Crippen molar-refractivity contribution in [3.05, 3.63) is 16.0 Å². The van der Waals surface area contributed by atoms with E-state index in [9.17, 15) is 0 Å². The number of H-pyrrole nitrogens is 1. The standard InChI is InChI=1S/C12H18N4S/c1-16-6-3-8(4-7-16)10-9-2-5-13-11(9)15-12(17)14-10/h8H,2-7H2,1H3,(H2,13,14,15,17). The number of rotatable bonds is 1. The predicted molar refractivity (Wildman–Crippen MR) is 71.1 cm³/mol. The molecule has 1 fully saturated rings. The van der Waals surface area contributed by atoms with Crippen LogP contribution < -0.4 is 5.32 Å². The van der Waals surface area contributed by atoms with Crippen molar-refractivity contribution in [2.75, 3.05) is 32.0 Å². The summed E-state index contributed by atoms with van der Waals surface area (Å²) in [6, 6.07) is 0. The molecular weight excluding hydrogens is 232 g/mol. The lowest BCUT2D eigenvalue weighted by Crippen LogP contribution is -2.30. The lowest BCUT2D eigenvalue weighted by atomic mass is 9.90. The van der Waals surface area contributed by atoms with Crippen molar-refractivity contribution in [2.45, 2.75) is 25.2 Å². The van der Waals surface area contributed by atoms with Gasteiger partial charge in [-0.25, -0.2) is 4.98 Å². The van der Waals surface area contributed by atoms with Crippen LogP contribution in [0.15, 0.2) is 0 Å². The van der Waals surface area contributed by atoms with Gasteiger partial charge >= 0.3 is 0 Å². The van der Waals surface area contributed by atoms with Gasteiger partial charge in [-0.1, -0.05) is 0 Å². The smallest absolute Gasteiger partial charge is 0.198 e. The number of piperidine rings is 1. The highest BCUT2D eigenvalue weighted by atomic mass is 32.1. The quantitative estimate of drug-likeness (QED) is 0.747. The fourth-order valence-electron chi connectivity index (χ4n) is 2.87. The molecule has 92 valence electrons. The Morgan fingerprint density at radius 3 is 2.88 bits per heavy atom. The first-order chi connectivity index (χ1) is 8.24. The molecule has 0 aromatic carbocycles. The van der Waals surface area contributed by atoms with Gasteiger partial charge < -0.3 is 15.2 Å². The van der Waals surface area contributed by atoms with Crippen molar-refractivity contribution in [3.63, 3.8) is 0 Å². The van der Waals surface area contributed by atoms with E-state index in [2.05, 4.69) is 27.2 Å². The Balaban J connectivity index is 1.95. The molecule has 1 saturated heterocycles. The van der Waals surface area contributed by atoms with Crippen LogP contribution in [0.2, 0.25) is 0 Å². The van der Waals surface area contributed by atoms with Gasteiger partial charge in [-0.05, 0) is 51.6 Å². The minimum atomic E-state index is 0.618. The van der Waals surface area contributed by atoms with Crippen molar-refractivity contribution in [1.82, 2.24) is 14.9 Å². The van der Waals surface area contributed by atoms with Gasteiger partial charge in [0.15, 0.2) is 4.77 Å². The Hall–Kier alpha value is -0.940. The minimum Gasteiger partial charge on any atom is -0.369 e. The van der Waals surface area contributed by atoms with Crippen molar-refractivity contribution in [3.8, 4) is 0 Å². The van der Waals surface area contributed by atoms with Crippen LogP contribution in [0.25, 0.3) is 0 Å². The zero-order valence-corrected chi connectivity index (χ0v) is 10.9. The summed E-state index contributed by atoms with van der Waals surface area (Å²) >= 11 is 5.22. The third kappa shape index (κ3) is 2.09. The summed E-state index contributed by atoms with van der Waals surface area (Å²) in [7, 11) is 2.19. The van der Waals surface area contributed by atoms with Crippen LogP contribution in [0.5, 0.6) is 0 Å². The van der Waals surface area contributed by atoms with Crippen molar-refractivity contribution >= 4 is 18.0 Å². The molecule has 1 aromatic rings. The molecule has 0 radical (unpaired) electrons. The molecule has 5 heteroatoms. The zero-order valence-electron chi connectivity index (χ0n) is 10.1. The Labute approximate surface area is 106 Å². The molecule has 1 aromatic heterocycles. The second kappa shape index (κ2) is 4.38. The van der Waals surface area contributed by atoms with Crippen LogP contribution in [0, 0.1) is 4.77 Å². The maximum Gasteiger partial charge on any atom is 0.198 e. The zero-order chi connectivity index (χ0) is 11.8. The molecule has 2 N–H and O–H groups in total. The number of nitrogens with one attached hydrogen (secondary N) is 2.